The molecule has 1 fully saturated rings. The molecule has 0 aliphatic carbocycles. The number of nitrogens with zero attached hydrogens (tertiary/aromatic N) is 5. The maximum absolute atomic E-state index is 13.5. The molecule has 0 radical (unpaired) electrons. The van der Waals surface area contributed by atoms with Crippen LogP contribution in [0.5, 0.6) is 5.75 Å². The molecular formula is C28H28ClN5O2. The second-order valence-corrected chi connectivity index (χ2v) is 9.31. The zero-order valence-electron chi connectivity index (χ0n) is 20.4. The van der Waals surface area contributed by atoms with Crippen molar-refractivity contribution in [1.82, 2.24) is 24.3 Å². The Kier molecular flexibility index (Phi) is 7.02. The molecule has 5 rings (SSSR count). The van der Waals surface area contributed by atoms with E-state index in [-0.39, 0.29) is 12.5 Å². The molecule has 7 nitrogen and oxygen atoms in total. The average molecular weight is 502 g/mol. The number of aromatic nitrogens is 3. The molecule has 36 heavy (non-hydrogen) atoms. The van der Waals surface area contributed by atoms with E-state index in [2.05, 4.69) is 16.9 Å². The Morgan fingerprint density at radius 1 is 0.889 bits per heavy atom. The lowest BCUT2D eigenvalue weighted by Crippen LogP contribution is -2.48. The Bertz CT molecular complexity index is 1330. The summed E-state index contributed by atoms with van der Waals surface area (Å²) in [5.41, 5.74) is 4.42. The van der Waals surface area contributed by atoms with Crippen LogP contribution in [0.25, 0.3) is 33.9 Å². The largest absolute Gasteiger partial charge is 0.497 e. The Labute approximate surface area is 215 Å². The Balaban J connectivity index is 1.67. The number of carbonyl (C=O) groups excluding carboxylic acids is 1. The van der Waals surface area contributed by atoms with E-state index in [0.29, 0.717) is 5.02 Å². The highest BCUT2D eigenvalue weighted by Gasteiger charge is 2.26. The summed E-state index contributed by atoms with van der Waals surface area (Å²) in [7, 11) is 3.73. The van der Waals surface area contributed by atoms with E-state index in [9.17, 15) is 4.79 Å². The van der Waals surface area contributed by atoms with Crippen LogP contribution in [0, 0.1) is 0 Å². The minimum absolute atomic E-state index is 0.0771. The SMILES string of the molecule is COc1ccc(-c2nc(-c3ccc(Cl)cc3)c(-c3ccncc3)n2CC(=O)N2CCN(C)CC2)cc1. The summed E-state index contributed by atoms with van der Waals surface area (Å²) < 4.78 is 7.38. The summed E-state index contributed by atoms with van der Waals surface area (Å²) in [5, 5.41) is 0.657. The monoisotopic (exact) mass is 501 g/mol. The van der Waals surface area contributed by atoms with Crippen LogP contribution in [0.2, 0.25) is 5.02 Å². The summed E-state index contributed by atoms with van der Waals surface area (Å²) in [6.45, 7) is 3.36. The number of hydrogen-bond acceptors (Lipinski definition) is 5. The number of carbonyl (C=O) groups is 1. The molecule has 2 aromatic heterocycles. The van der Waals surface area contributed by atoms with Crippen LogP contribution in [0.3, 0.4) is 0 Å². The molecule has 1 aliphatic heterocycles. The third-order valence-corrected chi connectivity index (χ3v) is 6.79. The van der Waals surface area contributed by atoms with Crippen molar-refractivity contribution in [3.05, 3.63) is 78.1 Å². The van der Waals surface area contributed by atoms with Gasteiger partial charge < -0.3 is 19.1 Å². The molecule has 3 heterocycles. The van der Waals surface area contributed by atoms with Crippen LogP contribution >= 0.6 is 11.6 Å². The number of piperazine rings is 1. The Morgan fingerprint density at radius 3 is 2.17 bits per heavy atom. The first-order valence-electron chi connectivity index (χ1n) is 11.9. The van der Waals surface area contributed by atoms with E-state index in [1.807, 2.05) is 70.1 Å². The molecule has 1 amide bonds. The second-order valence-electron chi connectivity index (χ2n) is 8.87. The minimum atomic E-state index is 0.0771. The van der Waals surface area contributed by atoms with Gasteiger partial charge in [0.05, 0.1) is 18.5 Å². The normalized spacial score (nSPS) is 14.1. The van der Waals surface area contributed by atoms with Gasteiger partial charge in [0.15, 0.2) is 0 Å². The van der Waals surface area contributed by atoms with E-state index in [4.69, 9.17) is 21.3 Å². The molecule has 0 N–H and O–H groups in total. The van der Waals surface area contributed by atoms with Crippen molar-refractivity contribution in [3.8, 4) is 39.7 Å². The molecule has 0 bridgehead atoms. The highest BCUT2D eigenvalue weighted by atomic mass is 35.5. The standard InChI is InChI=1S/C28H28ClN5O2/c1-32-15-17-33(18-16-32)25(35)19-34-27(21-11-13-30-14-12-21)26(20-3-7-23(29)8-4-20)31-28(34)22-5-9-24(36-2)10-6-22/h3-14H,15-19H2,1-2H3. The quantitative estimate of drug-likeness (QED) is 0.382. The number of benzene rings is 2. The van der Waals surface area contributed by atoms with E-state index < -0.39 is 0 Å². The molecule has 1 saturated heterocycles. The summed E-state index contributed by atoms with van der Waals surface area (Å²) in [6, 6.07) is 19.3. The predicted molar refractivity (Wildman–Crippen MR) is 142 cm³/mol. The first kappa shape index (κ1) is 24.0. The van der Waals surface area contributed by atoms with Crippen LogP contribution in [0.15, 0.2) is 73.1 Å². The molecule has 2 aromatic carbocycles. The number of ether oxygens (including phenoxy) is 1. The van der Waals surface area contributed by atoms with Gasteiger partial charge in [-0.25, -0.2) is 4.98 Å². The van der Waals surface area contributed by atoms with Crippen LogP contribution in [0.1, 0.15) is 0 Å². The van der Waals surface area contributed by atoms with Crippen LogP contribution in [-0.4, -0.2) is 70.6 Å². The number of imidazole rings is 1. The fourth-order valence-electron chi connectivity index (χ4n) is 4.47. The molecule has 4 aromatic rings. The third kappa shape index (κ3) is 4.98. The molecule has 8 heteroatoms. The topological polar surface area (TPSA) is 63.5 Å². The Morgan fingerprint density at radius 2 is 1.53 bits per heavy atom. The van der Waals surface area contributed by atoms with Gasteiger partial charge in [-0.15, -0.1) is 0 Å². The molecule has 1 aliphatic rings. The summed E-state index contributed by atoms with van der Waals surface area (Å²) in [5.74, 6) is 1.56. The van der Waals surface area contributed by atoms with Gasteiger partial charge in [-0.3, -0.25) is 9.78 Å². The van der Waals surface area contributed by atoms with Crippen LogP contribution in [-0.2, 0) is 11.3 Å². The van der Waals surface area contributed by atoms with Crippen molar-refractivity contribution in [2.45, 2.75) is 6.54 Å². The van der Waals surface area contributed by atoms with Crippen molar-refractivity contribution in [1.29, 1.82) is 0 Å². The van der Waals surface area contributed by atoms with Crippen molar-refractivity contribution in [2.24, 2.45) is 0 Å². The summed E-state index contributed by atoms with van der Waals surface area (Å²) in [4.78, 5) is 27.0. The summed E-state index contributed by atoms with van der Waals surface area (Å²) >= 11 is 6.18. The van der Waals surface area contributed by atoms with Crippen LogP contribution < -0.4 is 4.74 Å². The van der Waals surface area contributed by atoms with Gasteiger partial charge in [0.25, 0.3) is 0 Å². The second kappa shape index (κ2) is 10.5. The van der Waals surface area contributed by atoms with Gasteiger partial charge in [0, 0.05) is 60.3 Å². The zero-order valence-corrected chi connectivity index (χ0v) is 21.2. The van der Waals surface area contributed by atoms with Gasteiger partial charge in [0.1, 0.15) is 18.1 Å². The van der Waals surface area contributed by atoms with E-state index in [1.165, 1.54) is 0 Å². The van der Waals surface area contributed by atoms with Crippen molar-refractivity contribution in [3.63, 3.8) is 0 Å². The maximum atomic E-state index is 13.5. The number of halogens is 1. The number of amides is 1. The number of rotatable bonds is 6. The maximum Gasteiger partial charge on any atom is 0.242 e. The molecule has 0 unspecified atom stereocenters. The number of pyridine rings is 1. The third-order valence-electron chi connectivity index (χ3n) is 6.54. The number of hydrogen-bond donors (Lipinski definition) is 0. The minimum Gasteiger partial charge on any atom is -0.497 e. The Hall–Kier alpha value is -3.68. The van der Waals surface area contributed by atoms with Crippen molar-refractivity contribution < 1.29 is 9.53 Å². The molecule has 0 spiro atoms. The number of methoxy groups -OCH3 is 1. The average Bonchev–Trinajstić information content (AvgIpc) is 3.29. The highest BCUT2D eigenvalue weighted by molar-refractivity contribution is 6.30. The molecular weight excluding hydrogens is 474 g/mol. The zero-order chi connectivity index (χ0) is 25.1. The van der Waals surface area contributed by atoms with Crippen molar-refractivity contribution >= 4 is 17.5 Å². The van der Waals surface area contributed by atoms with E-state index in [0.717, 1.165) is 65.8 Å². The summed E-state index contributed by atoms with van der Waals surface area (Å²) in [6.07, 6.45) is 3.52. The van der Waals surface area contributed by atoms with Crippen molar-refractivity contribution in [2.75, 3.05) is 40.3 Å². The lowest BCUT2D eigenvalue weighted by molar-refractivity contribution is -0.133. The van der Waals surface area contributed by atoms with Gasteiger partial charge in [0.2, 0.25) is 5.91 Å². The van der Waals surface area contributed by atoms with E-state index >= 15 is 0 Å². The van der Waals surface area contributed by atoms with Crippen LogP contribution in [0.4, 0.5) is 0 Å². The first-order valence-corrected chi connectivity index (χ1v) is 12.3. The van der Waals surface area contributed by atoms with Gasteiger partial charge in [-0.2, -0.15) is 0 Å². The highest BCUT2D eigenvalue weighted by Crippen LogP contribution is 2.37. The first-order chi connectivity index (χ1) is 17.5. The molecule has 0 saturated carbocycles. The predicted octanol–water partition coefficient (Wildman–Crippen LogP) is 4.72. The van der Waals surface area contributed by atoms with E-state index in [1.54, 1.807) is 19.5 Å². The molecule has 0 atom stereocenters. The molecule has 184 valence electrons. The van der Waals surface area contributed by atoms with Gasteiger partial charge in [-0.05, 0) is 55.6 Å². The smallest absolute Gasteiger partial charge is 0.242 e. The number of likely N-dealkylation sites (N-methyl/N-ethyl adjacent to an activating group) is 1. The lowest BCUT2D eigenvalue weighted by Gasteiger charge is -2.32. The fourth-order valence-corrected chi connectivity index (χ4v) is 4.60. The fraction of sp³-hybridized carbons (Fsp3) is 0.250. The lowest BCUT2D eigenvalue weighted by atomic mass is 10.1. The van der Waals surface area contributed by atoms with Gasteiger partial charge >= 0.3 is 0 Å². The van der Waals surface area contributed by atoms with Gasteiger partial charge in [-0.1, -0.05) is 23.7 Å².